The minimum Gasteiger partial charge on any atom is -0.478 e. The van der Waals surface area contributed by atoms with Crippen LogP contribution < -0.4 is 4.90 Å². The summed E-state index contributed by atoms with van der Waals surface area (Å²) in [4.78, 5) is 17.9. The van der Waals surface area contributed by atoms with Crippen LogP contribution in [-0.4, -0.2) is 39.4 Å². The lowest BCUT2D eigenvalue weighted by Crippen LogP contribution is -2.46. The Hall–Kier alpha value is -3.26. The van der Waals surface area contributed by atoms with Crippen LogP contribution in [0.4, 0.5) is 10.2 Å². The molecule has 3 fully saturated rings. The maximum absolute atomic E-state index is 14.5. The highest BCUT2D eigenvalue weighted by molar-refractivity contribution is 5.87. The van der Waals surface area contributed by atoms with Crippen LogP contribution in [0.1, 0.15) is 66.1 Å². The SMILES string of the molecule is O=C(O)c1ccc(N2C3CC[C@H]2CC(OCc2c(-c4ccccc4F)noc2C2CC2)C3)nc1. The Morgan fingerprint density at radius 2 is 1.88 bits per heavy atom. The fourth-order valence-corrected chi connectivity index (χ4v) is 5.50. The third kappa shape index (κ3) is 3.86. The number of rotatable bonds is 7. The highest BCUT2D eigenvalue weighted by atomic mass is 19.1. The van der Waals surface area contributed by atoms with Gasteiger partial charge in [0.2, 0.25) is 0 Å². The van der Waals surface area contributed by atoms with Crippen molar-refractivity contribution < 1.29 is 23.6 Å². The van der Waals surface area contributed by atoms with Crippen LogP contribution in [0, 0.1) is 5.82 Å². The Kier molecular flexibility index (Phi) is 5.32. The summed E-state index contributed by atoms with van der Waals surface area (Å²) in [7, 11) is 0. The van der Waals surface area contributed by atoms with Crippen LogP contribution in [-0.2, 0) is 11.3 Å². The monoisotopic (exact) mass is 463 g/mol. The summed E-state index contributed by atoms with van der Waals surface area (Å²) in [6, 6.07) is 10.7. The Bertz CT molecular complexity index is 1190. The predicted molar refractivity (Wildman–Crippen MR) is 122 cm³/mol. The molecule has 2 bridgehead atoms. The molecule has 0 amide bonds. The molecular weight excluding hydrogens is 437 g/mol. The summed E-state index contributed by atoms with van der Waals surface area (Å²) in [6.07, 6.45) is 7.51. The molecule has 1 N–H and O–H groups in total. The van der Waals surface area contributed by atoms with Crippen molar-refractivity contribution in [3.63, 3.8) is 0 Å². The van der Waals surface area contributed by atoms with Crippen LogP contribution in [0.5, 0.6) is 0 Å². The molecule has 2 aromatic heterocycles. The maximum Gasteiger partial charge on any atom is 0.337 e. The van der Waals surface area contributed by atoms with E-state index in [1.165, 1.54) is 12.3 Å². The first-order valence-electron chi connectivity index (χ1n) is 11.9. The molecule has 6 rings (SSSR count). The Balaban J connectivity index is 1.18. The molecule has 0 radical (unpaired) electrons. The van der Waals surface area contributed by atoms with Gasteiger partial charge in [-0.1, -0.05) is 17.3 Å². The zero-order valence-corrected chi connectivity index (χ0v) is 18.7. The number of aromatic carboxylic acids is 1. The van der Waals surface area contributed by atoms with Gasteiger partial charge < -0.3 is 19.3 Å². The normalized spacial score (nSPS) is 23.9. The second kappa shape index (κ2) is 8.51. The minimum atomic E-state index is -0.969. The molecule has 1 aliphatic carbocycles. The number of benzene rings is 1. The van der Waals surface area contributed by atoms with Crippen molar-refractivity contribution in [2.75, 3.05) is 4.90 Å². The van der Waals surface area contributed by atoms with Crippen molar-refractivity contribution in [3.05, 3.63) is 65.3 Å². The number of hydrogen-bond acceptors (Lipinski definition) is 6. The van der Waals surface area contributed by atoms with E-state index in [4.69, 9.17) is 14.4 Å². The minimum absolute atomic E-state index is 0.0856. The van der Waals surface area contributed by atoms with Gasteiger partial charge >= 0.3 is 5.97 Å². The van der Waals surface area contributed by atoms with E-state index < -0.39 is 5.97 Å². The zero-order chi connectivity index (χ0) is 23.2. The van der Waals surface area contributed by atoms with E-state index in [9.17, 15) is 9.18 Å². The van der Waals surface area contributed by atoms with Crippen molar-refractivity contribution in [2.45, 2.75) is 69.2 Å². The number of anilines is 1. The Morgan fingerprint density at radius 1 is 1.12 bits per heavy atom. The molecule has 1 aromatic carbocycles. The number of carboxylic acid groups (broad SMARTS) is 1. The molecule has 34 heavy (non-hydrogen) atoms. The average molecular weight is 464 g/mol. The van der Waals surface area contributed by atoms with E-state index in [2.05, 4.69) is 15.0 Å². The van der Waals surface area contributed by atoms with Gasteiger partial charge in [0.05, 0.1) is 18.3 Å². The molecule has 3 aliphatic rings. The third-order valence-corrected chi connectivity index (χ3v) is 7.31. The van der Waals surface area contributed by atoms with E-state index >= 15 is 0 Å². The van der Waals surface area contributed by atoms with E-state index in [0.717, 1.165) is 55.7 Å². The first-order chi connectivity index (χ1) is 16.6. The number of halogens is 1. The van der Waals surface area contributed by atoms with E-state index in [-0.39, 0.29) is 17.5 Å². The molecule has 2 saturated heterocycles. The lowest BCUT2D eigenvalue weighted by Gasteiger charge is -2.39. The summed E-state index contributed by atoms with van der Waals surface area (Å²) in [5, 5.41) is 13.4. The van der Waals surface area contributed by atoms with E-state index in [1.807, 2.05) is 0 Å². The van der Waals surface area contributed by atoms with Crippen molar-refractivity contribution in [3.8, 4) is 11.3 Å². The molecule has 176 valence electrons. The van der Waals surface area contributed by atoms with Crippen molar-refractivity contribution in [1.29, 1.82) is 0 Å². The maximum atomic E-state index is 14.5. The second-order valence-corrected chi connectivity index (χ2v) is 9.54. The fraction of sp³-hybridized carbons (Fsp3) is 0.423. The number of aromatic nitrogens is 2. The molecule has 3 aromatic rings. The highest BCUT2D eigenvalue weighted by Gasteiger charge is 2.42. The molecule has 3 atom stereocenters. The average Bonchev–Trinajstić information content (AvgIpc) is 3.55. The van der Waals surface area contributed by atoms with Crippen molar-refractivity contribution >= 4 is 11.8 Å². The number of nitrogens with zero attached hydrogens (tertiary/aromatic N) is 3. The predicted octanol–water partition coefficient (Wildman–Crippen LogP) is 5.17. The standard InChI is InChI=1S/C26H26FN3O4/c27-22-4-2-1-3-20(22)24-21(25(34-29-24)15-5-6-15)14-33-19-11-17-8-9-18(12-19)30(17)23-10-7-16(13-28-23)26(31)32/h1-4,7,10,13,15,17-19H,5-6,8-9,11-12,14H2,(H,31,32)/t17-,18?,19?/m0/s1. The van der Waals surface area contributed by atoms with Crippen LogP contribution in [0.2, 0.25) is 0 Å². The summed E-state index contributed by atoms with van der Waals surface area (Å²) >= 11 is 0. The summed E-state index contributed by atoms with van der Waals surface area (Å²) < 4.78 is 26.6. The number of pyridine rings is 1. The third-order valence-electron chi connectivity index (χ3n) is 7.31. The van der Waals surface area contributed by atoms with Crippen LogP contribution in [0.3, 0.4) is 0 Å². The van der Waals surface area contributed by atoms with Gasteiger partial charge in [-0.2, -0.15) is 0 Å². The number of fused-ring (bicyclic) bond motifs is 2. The van der Waals surface area contributed by atoms with Gasteiger partial charge in [0, 0.05) is 35.3 Å². The summed E-state index contributed by atoms with van der Waals surface area (Å²) in [5.74, 6) is 0.731. The first kappa shape index (κ1) is 21.3. The van der Waals surface area contributed by atoms with Crippen molar-refractivity contribution in [1.82, 2.24) is 10.1 Å². The van der Waals surface area contributed by atoms with Gasteiger partial charge in [-0.3, -0.25) is 0 Å². The molecule has 7 nitrogen and oxygen atoms in total. The molecular formula is C26H26FN3O4. The number of ether oxygens (including phenoxy) is 1. The number of carboxylic acids is 1. The lowest BCUT2D eigenvalue weighted by molar-refractivity contribution is 0.0146. The molecule has 4 heterocycles. The molecule has 2 unspecified atom stereocenters. The number of hydrogen-bond donors (Lipinski definition) is 1. The summed E-state index contributed by atoms with van der Waals surface area (Å²) in [5.41, 5.74) is 2.05. The molecule has 2 aliphatic heterocycles. The van der Waals surface area contributed by atoms with Gasteiger partial charge in [0.15, 0.2) is 0 Å². The Labute approximate surface area is 196 Å². The molecule has 0 spiro atoms. The largest absolute Gasteiger partial charge is 0.478 e. The Morgan fingerprint density at radius 3 is 2.53 bits per heavy atom. The summed E-state index contributed by atoms with van der Waals surface area (Å²) in [6.45, 7) is 0.356. The topological polar surface area (TPSA) is 88.7 Å². The van der Waals surface area contributed by atoms with Crippen LogP contribution in [0.25, 0.3) is 11.3 Å². The zero-order valence-electron chi connectivity index (χ0n) is 18.7. The highest BCUT2D eigenvalue weighted by Crippen LogP contribution is 2.45. The van der Waals surface area contributed by atoms with Crippen molar-refractivity contribution in [2.24, 2.45) is 0 Å². The van der Waals surface area contributed by atoms with Gasteiger partial charge in [-0.25, -0.2) is 14.2 Å². The van der Waals surface area contributed by atoms with Gasteiger partial charge in [-0.15, -0.1) is 0 Å². The van der Waals surface area contributed by atoms with E-state index in [1.54, 1.807) is 30.3 Å². The quantitative estimate of drug-likeness (QED) is 0.517. The van der Waals surface area contributed by atoms with Gasteiger partial charge in [0.1, 0.15) is 23.1 Å². The smallest absolute Gasteiger partial charge is 0.337 e. The van der Waals surface area contributed by atoms with Crippen LogP contribution in [0.15, 0.2) is 47.1 Å². The first-order valence-corrected chi connectivity index (χ1v) is 11.9. The molecule has 8 heteroatoms. The lowest BCUT2D eigenvalue weighted by atomic mass is 9.99. The van der Waals surface area contributed by atoms with Gasteiger partial charge in [-0.05, 0) is 62.8 Å². The van der Waals surface area contributed by atoms with Gasteiger partial charge in [0.25, 0.3) is 0 Å². The van der Waals surface area contributed by atoms with E-state index in [0.29, 0.717) is 35.9 Å². The number of carbonyl (C=O) groups is 1. The molecule has 1 saturated carbocycles. The fourth-order valence-electron chi connectivity index (χ4n) is 5.50. The second-order valence-electron chi connectivity index (χ2n) is 9.54. The van der Waals surface area contributed by atoms with Crippen LogP contribution >= 0.6 is 0 Å². The number of piperidine rings is 1.